The SMILES string of the molecule is O=C(COc1ccccc1CNCCC1=CCCCC1)N1CCCC1. The van der Waals surface area contributed by atoms with Gasteiger partial charge in [-0.05, 0) is 57.6 Å². The van der Waals surface area contributed by atoms with Crippen LogP contribution in [0.1, 0.15) is 50.5 Å². The number of rotatable bonds is 8. The second-order valence-corrected chi connectivity index (χ2v) is 7.02. The maximum Gasteiger partial charge on any atom is 0.260 e. The van der Waals surface area contributed by atoms with Crippen LogP contribution in [0.15, 0.2) is 35.9 Å². The molecule has 136 valence electrons. The van der Waals surface area contributed by atoms with E-state index in [9.17, 15) is 4.79 Å². The first-order chi connectivity index (χ1) is 12.3. The molecule has 3 rings (SSSR count). The van der Waals surface area contributed by atoms with Crippen molar-refractivity contribution in [3.05, 3.63) is 41.5 Å². The molecule has 1 aliphatic carbocycles. The number of nitrogens with one attached hydrogen (secondary N) is 1. The van der Waals surface area contributed by atoms with Crippen molar-refractivity contribution in [2.45, 2.75) is 51.5 Å². The molecule has 1 saturated heterocycles. The van der Waals surface area contributed by atoms with E-state index in [4.69, 9.17) is 4.74 Å². The quantitative estimate of drug-likeness (QED) is 0.579. The fourth-order valence-electron chi connectivity index (χ4n) is 3.59. The summed E-state index contributed by atoms with van der Waals surface area (Å²) in [6.45, 7) is 3.67. The highest BCUT2D eigenvalue weighted by molar-refractivity contribution is 5.78. The van der Waals surface area contributed by atoms with Gasteiger partial charge in [0.1, 0.15) is 5.75 Å². The number of hydrogen-bond donors (Lipinski definition) is 1. The van der Waals surface area contributed by atoms with Crippen molar-refractivity contribution in [3.63, 3.8) is 0 Å². The zero-order valence-electron chi connectivity index (χ0n) is 15.1. The maximum atomic E-state index is 12.1. The number of para-hydroxylation sites is 1. The molecule has 1 aliphatic heterocycles. The molecule has 2 aliphatic rings. The van der Waals surface area contributed by atoms with E-state index in [1.165, 1.54) is 25.7 Å². The number of ether oxygens (including phenoxy) is 1. The van der Waals surface area contributed by atoms with Gasteiger partial charge in [0, 0.05) is 25.2 Å². The van der Waals surface area contributed by atoms with Crippen LogP contribution in [0.25, 0.3) is 0 Å². The zero-order chi connectivity index (χ0) is 17.3. The lowest BCUT2D eigenvalue weighted by atomic mass is 9.97. The van der Waals surface area contributed by atoms with Gasteiger partial charge in [-0.25, -0.2) is 0 Å². The second kappa shape index (κ2) is 9.62. The standard InChI is InChI=1S/C21H30N2O2/c24-21(23-14-6-7-15-23)17-25-20-11-5-4-10-19(20)16-22-13-12-18-8-2-1-3-9-18/h4-5,8,10-11,22H,1-3,6-7,9,12-17H2. The zero-order valence-corrected chi connectivity index (χ0v) is 15.1. The van der Waals surface area contributed by atoms with Crippen molar-refractivity contribution >= 4 is 5.91 Å². The van der Waals surface area contributed by atoms with Crippen molar-refractivity contribution in [1.29, 1.82) is 0 Å². The average molecular weight is 342 g/mol. The summed E-state index contributed by atoms with van der Waals surface area (Å²) in [5, 5.41) is 3.52. The predicted octanol–water partition coefficient (Wildman–Crippen LogP) is 3.67. The number of likely N-dealkylation sites (tertiary alicyclic amines) is 1. The third-order valence-electron chi connectivity index (χ3n) is 5.11. The molecule has 0 unspecified atom stereocenters. The van der Waals surface area contributed by atoms with Crippen LogP contribution in [0.5, 0.6) is 5.75 Å². The Morgan fingerprint density at radius 2 is 1.96 bits per heavy atom. The maximum absolute atomic E-state index is 12.1. The normalized spacial score (nSPS) is 17.4. The number of amides is 1. The van der Waals surface area contributed by atoms with Gasteiger partial charge in [-0.1, -0.05) is 29.8 Å². The number of carbonyl (C=O) groups is 1. The monoisotopic (exact) mass is 342 g/mol. The van der Waals surface area contributed by atoms with Crippen LogP contribution in [-0.2, 0) is 11.3 Å². The predicted molar refractivity (Wildman–Crippen MR) is 101 cm³/mol. The number of hydrogen-bond acceptors (Lipinski definition) is 3. The summed E-state index contributed by atoms with van der Waals surface area (Å²) in [7, 11) is 0. The highest BCUT2D eigenvalue weighted by Crippen LogP contribution is 2.20. The number of carbonyl (C=O) groups excluding carboxylic acids is 1. The Morgan fingerprint density at radius 1 is 1.12 bits per heavy atom. The van der Waals surface area contributed by atoms with Crippen LogP contribution in [-0.4, -0.2) is 37.0 Å². The van der Waals surface area contributed by atoms with Crippen molar-refractivity contribution < 1.29 is 9.53 Å². The molecule has 0 aromatic heterocycles. The highest BCUT2D eigenvalue weighted by atomic mass is 16.5. The third-order valence-corrected chi connectivity index (χ3v) is 5.11. The molecule has 4 nitrogen and oxygen atoms in total. The Morgan fingerprint density at radius 3 is 2.76 bits per heavy atom. The van der Waals surface area contributed by atoms with Crippen LogP contribution < -0.4 is 10.1 Å². The first-order valence-corrected chi connectivity index (χ1v) is 9.70. The minimum Gasteiger partial charge on any atom is -0.483 e. The van der Waals surface area contributed by atoms with E-state index in [-0.39, 0.29) is 12.5 Å². The van der Waals surface area contributed by atoms with Crippen LogP contribution in [0, 0.1) is 0 Å². The molecule has 0 atom stereocenters. The Kier molecular flexibility index (Phi) is 6.92. The number of benzene rings is 1. The van der Waals surface area contributed by atoms with E-state index in [1.54, 1.807) is 5.57 Å². The first-order valence-electron chi connectivity index (χ1n) is 9.70. The molecule has 4 heteroatoms. The molecule has 1 N–H and O–H groups in total. The molecule has 25 heavy (non-hydrogen) atoms. The fourth-order valence-corrected chi connectivity index (χ4v) is 3.59. The number of allylic oxidation sites excluding steroid dienone is 1. The van der Waals surface area contributed by atoms with Crippen LogP contribution >= 0.6 is 0 Å². The summed E-state index contributed by atoms with van der Waals surface area (Å²) >= 11 is 0. The third kappa shape index (κ3) is 5.60. The van der Waals surface area contributed by atoms with Gasteiger partial charge in [-0.15, -0.1) is 0 Å². The lowest BCUT2D eigenvalue weighted by molar-refractivity contribution is -0.132. The molecular formula is C21H30N2O2. The molecule has 1 aromatic rings. The van der Waals surface area contributed by atoms with Gasteiger partial charge >= 0.3 is 0 Å². The molecule has 0 saturated carbocycles. The van der Waals surface area contributed by atoms with Gasteiger partial charge < -0.3 is 15.0 Å². The van der Waals surface area contributed by atoms with Crippen molar-refractivity contribution in [2.24, 2.45) is 0 Å². The topological polar surface area (TPSA) is 41.6 Å². The molecule has 0 radical (unpaired) electrons. The van der Waals surface area contributed by atoms with E-state index >= 15 is 0 Å². The molecule has 0 bridgehead atoms. The van der Waals surface area contributed by atoms with E-state index in [0.717, 1.165) is 56.8 Å². The van der Waals surface area contributed by atoms with Gasteiger partial charge in [-0.3, -0.25) is 4.79 Å². The van der Waals surface area contributed by atoms with Crippen molar-refractivity contribution in [2.75, 3.05) is 26.2 Å². The minimum atomic E-state index is 0.101. The van der Waals surface area contributed by atoms with E-state index < -0.39 is 0 Å². The van der Waals surface area contributed by atoms with E-state index in [0.29, 0.717) is 0 Å². The molecule has 1 heterocycles. The number of nitrogens with zero attached hydrogens (tertiary/aromatic N) is 1. The molecule has 1 fully saturated rings. The lowest BCUT2D eigenvalue weighted by Crippen LogP contribution is -2.32. The van der Waals surface area contributed by atoms with Gasteiger partial charge in [0.15, 0.2) is 6.61 Å². The Bertz CT molecular complexity index is 591. The summed E-state index contributed by atoms with van der Waals surface area (Å²) in [5.41, 5.74) is 2.72. The van der Waals surface area contributed by atoms with Crippen LogP contribution in [0.4, 0.5) is 0 Å². The molecular weight excluding hydrogens is 312 g/mol. The Labute approximate surface area is 151 Å². The fraction of sp³-hybridized carbons (Fsp3) is 0.571. The highest BCUT2D eigenvalue weighted by Gasteiger charge is 2.18. The van der Waals surface area contributed by atoms with E-state index in [2.05, 4.69) is 17.5 Å². The summed E-state index contributed by atoms with van der Waals surface area (Å²) < 4.78 is 5.82. The van der Waals surface area contributed by atoms with Crippen molar-refractivity contribution in [3.8, 4) is 5.75 Å². The van der Waals surface area contributed by atoms with Gasteiger partial charge in [0.25, 0.3) is 5.91 Å². The smallest absolute Gasteiger partial charge is 0.260 e. The van der Waals surface area contributed by atoms with E-state index in [1.807, 2.05) is 23.1 Å². The Hall–Kier alpha value is -1.81. The van der Waals surface area contributed by atoms with Gasteiger partial charge in [-0.2, -0.15) is 0 Å². The summed E-state index contributed by atoms with van der Waals surface area (Å²) in [5.74, 6) is 0.920. The van der Waals surface area contributed by atoms with Crippen molar-refractivity contribution in [1.82, 2.24) is 10.2 Å². The second-order valence-electron chi connectivity index (χ2n) is 7.02. The Balaban J connectivity index is 1.43. The first kappa shape index (κ1) is 18.0. The molecule has 1 aromatic carbocycles. The lowest BCUT2D eigenvalue weighted by Gasteiger charge is -2.17. The molecule has 0 spiro atoms. The minimum absolute atomic E-state index is 0.101. The summed E-state index contributed by atoms with van der Waals surface area (Å²) in [6, 6.07) is 8.02. The largest absolute Gasteiger partial charge is 0.483 e. The van der Waals surface area contributed by atoms with Crippen LogP contribution in [0.2, 0.25) is 0 Å². The van der Waals surface area contributed by atoms with Gasteiger partial charge in [0.05, 0.1) is 0 Å². The van der Waals surface area contributed by atoms with Crippen LogP contribution in [0.3, 0.4) is 0 Å². The average Bonchev–Trinajstić information content (AvgIpc) is 3.20. The summed E-state index contributed by atoms with van der Waals surface area (Å²) in [6.07, 6.45) is 11.0. The van der Waals surface area contributed by atoms with Gasteiger partial charge in [0.2, 0.25) is 0 Å². The molecule has 1 amide bonds. The summed E-state index contributed by atoms with van der Waals surface area (Å²) in [4.78, 5) is 14.0.